The van der Waals surface area contributed by atoms with Gasteiger partial charge in [-0.15, -0.1) is 0 Å². The Kier molecular flexibility index (Phi) is 8.61. The lowest BCUT2D eigenvalue weighted by Gasteiger charge is -2.17. The molecule has 0 bridgehead atoms. The lowest BCUT2D eigenvalue weighted by molar-refractivity contribution is -0.131. The lowest BCUT2D eigenvalue weighted by Crippen LogP contribution is -2.33. The van der Waals surface area contributed by atoms with Crippen molar-refractivity contribution in [3.63, 3.8) is 0 Å². The first-order valence-electron chi connectivity index (χ1n) is 11.1. The molecule has 0 unspecified atom stereocenters. The number of likely N-dealkylation sites (N-methyl/N-ethyl adjacent to an activating group) is 1. The fourth-order valence-corrected chi connectivity index (χ4v) is 3.20. The summed E-state index contributed by atoms with van der Waals surface area (Å²) in [6, 6.07) is 9.64. The first-order chi connectivity index (χ1) is 16.3. The van der Waals surface area contributed by atoms with Crippen LogP contribution in [0.25, 0.3) is 0 Å². The normalized spacial score (nSPS) is 10.6. The summed E-state index contributed by atoms with van der Waals surface area (Å²) >= 11 is 0. The van der Waals surface area contributed by atoms with Crippen molar-refractivity contribution in [2.24, 2.45) is 0 Å². The number of ether oxygens (including phenoxy) is 2. The Hall–Kier alpha value is -3.88. The summed E-state index contributed by atoms with van der Waals surface area (Å²) in [5, 5.41) is 6.94. The highest BCUT2D eigenvalue weighted by molar-refractivity contribution is 5.90. The van der Waals surface area contributed by atoms with Crippen LogP contribution >= 0.6 is 0 Å². The van der Waals surface area contributed by atoms with Gasteiger partial charge in [-0.1, -0.05) is 17.7 Å². The van der Waals surface area contributed by atoms with E-state index >= 15 is 0 Å². The van der Waals surface area contributed by atoms with Crippen molar-refractivity contribution in [2.75, 3.05) is 32.1 Å². The number of hydrogen-bond acceptors (Lipinski definition) is 6. The van der Waals surface area contributed by atoms with Gasteiger partial charge in [-0.25, -0.2) is 0 Å². The molecule has 9 nitrogen and oxygen atoms in total. The van der Waals surface area contributed by atoms with Crippen LogP contribution in [0, 0.1) is 20.8 Å². The van der Waals surface area contributed by atoms with Crippen LogP contribution in [0.3, 0.4) is 0 Å². The third-order valence-corrected chi connectivity index (χ3v) is 5.21. The fourth-order valence-electron chi connectivity index (χ4n) is 3.20. The van der Waals surface area contributed by atoms with Gasteiger partial charge in [0.25, 0.3) is 0 Å². The predicted octanol–water partition coefficient (Wildman–Crippen LogP) is 3.15. The number of hydrogen-bond donors (Lipinski definition) is 1. The van der Waals surface area contributed by atoms with E-state index in [1.165, 1.54) is 10.9 Å². The zero-order valence-corrected chi connectivity index (χ0v) is 20.1. The predicted molar refractivity (Wildman–Crippen MR) is 129 cm³/mol. The van der Waals surface area contributed by atoms with Crippen LogP contribution in [-0.2, 0) is 16.1 Å². The largest absolute Gasteiger partial charge is 0.492 e. The highest BCUT2D eigenvalue weighted by Crippen LogP contribution is 2.20. The van der Waals surface area contributed by atoms with Gasteiger partial charge in [0, 0.05) is 19.4 Å². The molecule has 0 atom stereocenters. The smallest absolute Gasteiger partial charge is 0.244 e. The first kappa shape index (κ1) is 24.8. The van der Waals surface area contributed by atoms with Crippen molar-refractivity contribution in [1.29, 1.82) is 0 Å². The quantitative estimate of drug-likeness (QED) is 0.467. The standard InChI is InChI=1S/C25H31N5O4/c1-18-5-7-22(8-6-18)33-14-12-29(4)24(32)17-30-16-21(15-27-30)28-23(31)10-13-34-25-19(2)9-11-26-20(25)3/h5-9,11,15-16H,10,12-14,17H2,1-4H3,(H,28,31). The number of carbonyl (C=O) groups is 2. The topological polar surface area (TPSA) is 98.6 Å². The highest BCUT2D eigenvalue weighted by atomic mass is 16.5. The van der Waals surface area contributed by atoms with Gasteiger partial charge in [-0.3, -0.25) is 19.3 Å². The van der Waals surface area contributed by atoms with E-state index in [4.69, 9.17) is 9.47 Å². The number of rotatable bonds is 11. The molecular weight excluding hydrogens is 434 g/mol. The molecule has 0 aliphatic carbocycles. The van der Waals surface area contributed by atoms with Crippen LogP contribution in [0.1, 0.15) is 23.2 Å². The number of benzene rings is 1. The molecule has 2 heterocycles. The van der Waals surface area contributed by atoms with E-state index in [0.717, 1.165) is 22.6 Å². The van der Waals surface area contributed by atoms with Crippen molar-refractivity contribution in [1.82, 2.24) is 19.7 Å². The number of aromatic nitrogens is 3. The zero-order valence-electron chi connectivity index (χ0n) is 20.1. The molecule has 2 amide bonds. The van der Waals surface area contributed by atoms with E-state index in [1.54, 1.807) is 24.3 Å². The third kappa shape index (κ3) is 7.33. The molecule has 0 saturated carbocycles. The molecule has 0 aliphatic heterocycles. The fraction of sp³-hybridized carbons (Fsp3) is 0.360. The molecule has 3 rings (SSSR count). The Labute approximate surface area is 199 Å². The van der Waals surface area contributed by atoms with Crippen LogP contribution in [0.5, 0.6) is 11.5 Å². The Morgan fingerprint density at radius 1 is 1.06 bits per heavy atom. The Morgan fingerprint density at radius 2 is 1.82 bits per heavy atom. The molecule has 0 fully saturated rings. The van der Waals surface area contributed by atoms with Crippen molar-refractivity contribution < 1.29 is 19.1 Å². The van der Waals surface area contributed by atoms with Gasteiger partial charge >= 0.3 is 0 Å². The minimum atomic E-state index is -0.199. The molecular formula is C25H31N5O4. The summed E-state index contributed by atoms with van der Waals surface area (Å²) in [7, 11) is 1.72. The van der Waals surface area contributed by atoms with E-state index in [0.29, 0.717) is 24.6 Å². The minimum Gasteiger partial charge on any atom is -0.492 e. The molecule has 180 valence electrons. The molecule has 3 aromatic rings. The van der Waals surface area contributed by atoms with Gasteiger partial charge in [0.2, 0.25) is 11.8 Å². The van der Waals surface area contributed by atoms with Crippen molar-refractivity contribution in [2.45, 2.75) is 33.7 Å². The second-order valence-electron chi connectivity index (χ2n) is 8.09. The van der Waals surface area contributed by atoms with Gasteiger partial charge in [0.15, 0.2) is 0 Å². The zero-order chi connectivity index (χ0) is 24.5. The van der Waals surface area contributed by atoms with Gasteiger partial charge < -0.3 is 19.7 Å². The van der Waals surface area contributed by atoms with Gasteiger partial charge in [-0.05, 0) is 44.5 Å². The Balaban J connectivity index is 1.38. The number of pyridine rings is 1. The molecule has 0 saturated heterocycles. The minimum absolute atomic E-state index is 0.0690. The molecule has 1 aromatic carbocycles. The molecule has 1 N–H and O–H groups in total. The molecule has 0 spiro atoms. The number of nitrogens with one attached hydrogen (secondary N) is 1. The number of carbonyl (C=O) groups excluding carboxylic acids is 2. The van der Waals surface area contributed by atoms with E-state index in [2.05, 4.69) is 15.4 Å². The summed E-state index contributed by atoms with van der Waals surface area (Å²) in [5.74, 6) is 1.17. The van der Waals surface area contributed by atoms with Crippen LogP contribution in [-0.4, -0.2) is 58.3 Å². The monoisotopic (exact) mass is 465 g/mol. The average Bonchev–Trinajstić information content (AvgIpc) is 3.23. The second-order valence-corrected chi connectivity index (χ2v) is 8.09. The van der Waals surface area contributed by atoms with Crippen LogP contribution in [0.2, 0.25) is 0 Å². The number of aryl methyl sites for hydroxylation is 3. The van der Waals surface area contributed by atoms with Crippen molar-refractivity contribution in [3.05, 3.63) is 65.7 Å². The van der Waals surface area contributed by atoms with Crippen LogP contribution < -0.4 is 14.8 Å². The van der Waals surface area contributed by atoms with Gasteiger partial charge in [0.05, 0.1) is 37.2 Å². The summed E-state index contributed by atoms with van der Waals surface area (Å²) in [6.07, 6.45) is 5.05. The molecule has 0 radical (unpaired) electrons. The van der Waals surface area contributed by atoms with Crippen molar-refractivity contribution >= 4 is 17.5 Å². The Morgan fingerprint density at radius 3 is 2.56 bits per heavy atom. The van der Waals surface area contributed by atoms with Gasteiger partial charge in [0.1, 0.15) is 24.7 Å². The molecule has 34 heavy (non-hydrogen) atoms. The Bertz CT molecular complexity index is 1090. The first-order valence-corrected chi connectivity index (χ1v) is 11.1. The van der Waals surface area contributed by atoms with Crippen molar-refractivity contribution in [3.8, 4) is 11.5 Å². The maximum Gasteiger partial charge on any atom is 0.244 e. The van der Waals surface area contributed by atoms with E-state index in [-0.39, 0.29) is 31.4 Å². The number of nitrogens with zero attached hydrogens (tertiary/aromatic N) is 4. The van der Waals surface area contributed by atoms with Crippen LogP contribution in [0.15, 0.2) is 48.9 Å². The summed E-state index contributed by atoms with van der Waals surface area (Å²) in [5.41, 5.74) is 3.46. The highest BCUT2D eigenvalue weighted by Gasteiger charge is 2.12. The van der Waals surface area contributed by atoms with E-state index < -0.39 is 0 Å². The second kappa shape index (κ2) is 11.8. The number of anilines is 1. The SMILES string of the molecule is Cc1ccc(OCCN(C)C(=O)Cn2cc(NC(=O)CCOc3c(C)ccnc3C)cn2)cc1. The summed E-state index contributed by atoms with van der Waals surface area (Å²) in [6.45, 7) is 6.98. The molecule has 0 aliphatic rings. The summed E-state index contributed by atoms with van der Waals surface area (Å²) in [4.78, 5) is 30.5. The third-order valence-electron chi connectivity index (χ3n) is 5.21. The van der Waals surface area contributed by atoms with Gasteiger partial charge in [-0.2, -0.15) is 5.10 Å². The number of amides is 2. The maximum absolute atomic E-state index is 12.5. The van der Waals surface area contributed by atoms with Crippen LogP contribution in [0.4, 0.5) is 5.69 Å². The molecule has 2 aromatic heterocycles. The lowest BCUT2D eigenvalue weighted by atomic mass is 10.2. The average molecular weight is 466 g/mol. The van der Waals surface area contributed by atoms with E-state index in [9.17, 15) is 9.59 Å². The maximum atomic E-state index is 12.5. The molecule has 9 heteroatoms. The van der Waals surface area contributed by atoms with E-state index in [1.807, 2.05) is 51.1 Å². The summed E-state index contributed by atoms with van der Waals surface area (Å²) < 4.78 is 12.9.